The third-order valence-corrected chi connectivity index (χ3v) is 6.44. The Morgan fingerprint density at radius 2 is 1.15 bits per heavy atom. The van der Waals surface area contributed by atoms with Crippen LogP contribution in [0.5, 0.6) is 0 Å². The van der Waals surface area contributed by atoms with E-state index in [0.717, 1.165) is 19.3 Å². The van der Waals surface area contributed by atoms with Crippen molar-refractivity contribution in [2.24, 2.45) is 5.73 Å². The molecule has 1 heteroatoms. The Morgan fingerprint density at radius 3 is 1.62 bits per heavy atom. The summed E-state index contributed by atoms with van der Waals surface area (Å²) in [5.74, 6) is 0. The highest BCUT2D eigenvalue weighted by atomic mass is 14.7. The fraction of sp³-hybridized carbons (Fsp3) is 0.760. The summed E-state index contributed by atoms with van der Waals surface area (Å²) in [6.45, 7) is 6.89. The van der Waals surface area contributed by atoms with Crippen molar-refractivity contribution in [1.29, 1.82) is 0 Å². The fourth-order valence-electron chi connectivity index (χ4n) is 4.47. The summed E-state index contributed by atoms with van der Waals surface area (Å²) < 4.78 is 0. The zero-order valence-corrected chi connectivity index (χ0v) is 17.9. The minimum Gasteiger partial charge on any atom is -0.327 e. The average Bonchev–Trinajstić information content (AvgIpc) is 2.68. The standard InChI is InChI=1S/C25H45N/c1-4-7-8-9-10-11-12-13-14-15-19-22-24(26)25(5-2,6-3)23-20-17-16-18-21-23/h16-18,20-21,24H,4-15,19,22,26H2,1-3H3. The second-order valence-electron chi connectivity index (χ2n) is 8.16. The number of rotatable bonds is 16. The van der Waals surface area contributed by atoms with Gasteiger partial charge in [-0.25, -0.2) is 0 Å². The molecule has 0 bridgehead atoms. The van der Waals surface area contributed by atoms with Crippen molar-refractivity contribution in [2.45, 2.75) is 122 Å². The van der Waals surface area contributed by atoms with E-state index in [0.29, 0.717) is 0 Å². The molecule has 0 aliphatic rings. The van der Waals surface area contributed by atoms with Crippen molar-refractivity contribution < 1.29 is 0 Å². The quantitative estimate of drug-likeness (QED) is 0.300. The third kappa shape index (κ3) is 7.82. The van der Waals surface area contributed by atoms with Crippen LogP contribution < -0.4 is 5.73 Å². The first-order valence-electron chi connectivity index (χ1n) is 11.5. The molecule has 0 spiro atoms. The van der Waals surface area contributed by atoms with Gasteiger partial charge in [-0.2, -0.15) is 0 Å². The Morgan fingerprint density at radius 1 is 0.692 bits per heavy atom. The van der Waals surface area contributed by atoms with Gasteiger partial charge in [0.15, 0.2) is 0 Å². The lowest BCUT2D eigenvalue weighted by Crippen LogP contribution is -2.44. The number of benzene rings is 1. The first-order chi connectivity index (χ1) is 12.7. The number of hydrogen-bond donors (Lipinski definition) is 1. The molecule has 0 fully saturated rings. The Balaban J connectivity index is 2.21. The number of unbranched alkanes of at least 4 members (excludes halogenated alkanes) is 10. The summed E-state index contributed by atoms with van der Waals surface area (Å²) >= 11 is 0. The zero-order chi connectivity index (χ0) is 19.1. The van der Waals surface area contributed by atoms with E-state index in [1.807, 2.05) is 0 Å². The van der Waals surface area contributed by atoms with Gasteiger partial charge >= 0.3 is 0 Å². The smallest absolute Gasteiger partial charge is 0.0136 e. The number of nitrogens with two attached hydrogens (primary N) is 1. The highest BCUT2D eigenvalue weighted by Gasteiger charge is 2.34. The van der Waals surface area contributed by atoms with Crippen LogP contribution in [0.1, 0.15) is 116 Å². The third-order valence-electron chi connectivity index (χ3n) is 6.44. The maximum Gasteiger partial charge on any atom is 0.0136 e. The zero-order valence-electron chi connectivity index (χ0n) is 17.9. The normalized spacial score (nSPS) is 13.1. The van der Waals surface area contributed by atoms with Gasteiger partial charge < -0.3 is 5.73 Å². The molecule has 0 heterocycles. The van der Waals surface area contributed by atoms with Gasteiger partial charge in [0.05, 0.1) is 0 Å². The summed E-state index contributed by atoms with van der Waals surface area (Å²) in [6, 6.07) is 11.2. The molecule has 1 atom stereocenters. The second-order valence-corrected chi connectivity index (χ2v) is 8.16. The van der Waals surface area contributed by atoms with Crippen LogP contribution >= 0.6 is 0 Å². The maximum absolute atomic E-state index is 6.73. The molecule has 0 aromatic heterocycles. The van der Waals surface area contributed by atoms with Gasteiger partial charge in [0, 0.05) is 11.5 Å². The minimum absolute atomic E-state index is 0.153. The fourth-order valence-corrected chi connectivity index (χ4v) is 4.47. The maximum atomic E-state index is 6.73. The summed E-state index contributed by atoms with van der Waals surface area (Å²) in [5.41, 5.74) is 8.31. The van der Waals surface area contributed by atoms with Crippen LogP contribution in [0.25, 0.3) is 0 Å². The first-order valence-corrected chi connectivity index (χ1v) is 11.5. The molecule has 0 saturated carbocycles. The molecule has 1 rings (SSSR count). The van der Waals surface area contributed by atoms with Crippen molar-refractivity contribution in [3.05, 3.63) is 35.9 Å². The second kappa shape index (κ2) is 14.3. The van der Waals surface area contributed by atoms with Crippen molar-refractivity contribution >= 4 is 0 Å². The molecular formula is C25H45N. The molecule has 2 N–H and O–H groups in total. The van der Waals surface area contributed by atoms with Gasteiger partial charge in [-0.3, -0.25) is 0 Å². The molecule has 1 nitrogen and oxygen atoms in total. The summed E-state index contributed by atoms with van der Waals surface area (Å²) in [7, 11) is 0. The predicted octanol–water partition coefficient (Wildman–Crippen LogP) is 7.77. The van der Waals surface area contributed by atoms with Crippen molar-refractivity contribution in [3.63, 3.8) is 0 Å². The van der Waals surface area contributed by atoms with Crippen LogP contribution in [0, 0.1) is 0 Å². The van der Waals surface area contributed by atoms with Gasteiger partial charge in [-0.05, 0) is 24.8 Å². The Bertz CT molecular complexity index is 421. The molecule has 0 radical (unpaired) electrons. The molecule has 0 aliphatic heterocycles. The van der Waals surface area contributed by atoms with Crippen LogP contribution in [0.3, 0.4) is 0 Å². The van der Waals surface area contributed by atoms with Gasteiger partial charge in [0.2, 0.25) is 0 Å². The van der Waals surface area contributed by atoms with Gasteiger partial charge in [-0.15, -0.1) is 0 Å². The monoisotopic (exact) mass is 359 g/mol. The molecule has 1 aromatic rings. The van der Waals surface area contributed by atoms with Gasteiger partial charge in [0.25, 0.3) is 0 Å². The molecule has 0 aliphatic carbocycles. The van der Waals surface area contributed by atoms with E-state index in [1.165, 1.54) is 76.2 Å². The van der Waals surface area contributed by atoms with E-state index in [-0.39, 0.29) is 11.5 Å². The summed E-state index contributed by atoms with van der Waals surface area (Å²) in [5, 5.41) is 0. The van der Waals surface area contributed by atoms with Gasteiger partial charge in [-0.1, -0.05) is 122 Å². The van der Waals surface area contributed by atoms with Crippen molar-refractivity contribution in [2.75, 3.05) is 0 Å². The summed E-state index contributed by atoms with van der Waals surface area (Å²) in [4.78, 5) is 0. The largest absolute Gasteiger partial charge is 0.327 e. The molecular weight excluding hydrogens is 314 g/mol. The van der Waals surface area contributed by atoms with Crippen LogP contribution in [0.4, 0.5) is 0 Å². The molecule has 0 amide bonds. The SMILES string of the molecule is CCCCCCCCCCCCCC(N)C(CC)(CC)c1ccccc1. The number of hydrogen-bond acceptors (Lipinski definition) is 1. The van der Waals surface area contributed by atoms with Crippen molar-refractivity contribution in [1.82, 2.24) is 0 Å². The topological polar surface area (TPSA) is 26.0 Å². The Kier molecular flexibility index (Phi) is 12.7. The predicted molar refractivity (Wildman–Crippen MR) is 118 cm³/mol. The molecule has 1 aromatic carbocycles. The van der Waals surface area contributed by atoms with Crippen LogP contribution in [0.2, 0.25) is 0 Å². The van der Waals surface area contributed by atoms with Crippen LogP contribution in [0.15, 0.2) is 30.3 Å². The Hall–Kier alpha value is -0.820. The molecule has 0 saturated heterocycles. The highest BCUT2D eigenvalue weighted by molar-refractivity contribution is 5.27. The molecule has 26 heavy (non-hydrogen) atoms. The average molecular weight is 360 g/mol. The lowest BCUT2D eigenvalue weighted by molar-refractivity contribution is 0.297. The Labute approximate surface area is 164 Å². The van der Waals surface area contributed by atoms with E-state index in [1.54, 1.807) is 0 Å². The van der Waals surface area contributed by atoms with Crippen molar-refractivity contribution in [3.8, 4) is 0 Å². The minimum atomic E-state index is 0.153. The van der Waals surface area contributed by atoms with E-state index >= 15 is 0 Å². The summed E-state index contributed by atoms with van der Waals surface area (Å²) in [6.07, 6.45) is 18.8. The van der Waals surface area contributed by atoms with E-state index < -0.39 is 0 Å². The molecule has 150 valence electrons. The molecule has 1 unspecified atom stereocenters. The van der Waals surface area contributed by atoms with Gasteiger partial charge in [0.1, 0.15) is 0 Å². The lowest BCUT2D eigenvalue weighted by atomic mass is 9.69. The van der Waals surface area contributed by atoms with E-state index in [4.69, 9.17) is 5.73 Å². The van der Waals surface area contributed by atoms with Crippen LogP contribution in [-0.2, 0) is 5.41 Å². The van der Waals surface area contributed by atoms with E-state index in [2.05, 4.69) is 51.1 Å². The van der Waals surface area contributed by atoms with E-state index in [9.17, 15) is 0 Å². The first kappa shape index (κ1) is 23.2. The van der Waals surface area contributed by atoms with Crippen LogP contribution in [-0.4, -0.2) is 6.04 Å². The highest BCUT2D eigenvalue weighted by Crippen LogP contribution is 2.36. The lowest BCUT2D eigenvalue weighted by Gasteiger charge is -2.38.